The van der Waals surface area contributed by atoms with Gasteiger partial charge in [0.05, 0.1) is 4.88 Å². The molecule has 8 heteroatoms. The van der Waals surface area contributed by atoms with Crippen molar-refractivity contribution in [1.82, 2.24) is 10.1 Å². The molecule has 0 atom stereocenters. The number of nitrogens with zero attached hydrogens (tertiary/aromatic N) is 2. The second-order valence-corrected chi connectivity index (χ2v) is 7.60. The number of hydrogen-bond acceptors (Lipinski definition) is 7. The van der Waals surface area contributed by atoms with Gasteiger partial charge in [-0.05, 0) is 30.0 Å². The van der Waals surface area contributed by atoms with Crippen molar-refractivity contribution in [3.05, 3.63) is 41.6 Å². The first-order valence-electron chi connectivity index (χ1n) is 8.67. The largest absolute Gasteiger partial charge is 0.449 e. The highest BCUT2D eigenvalue weighted by molar-refractivity contribution is 7.13. The van der Waals surface area contributed by atoms with Crippen LogP contribution >= 0.6 is 11.3 Å². The Morgan fingerprint density at radius 2 is 2.07 bits per heavy atom. The first kappa shape index (κ1) is 17.5. The highest BCUT2D eigenvalue weighted by atomic mass is 32.1. The third-order valence-electron chi connectivity index (χ3n) is 3.94. The summed E-state index contributed by atoms with van der Waals surface area (Å²) in [5, 5.41) is 8.81. The van der Waals surface area contributed by atoms with E-state index in [0.29, 0.717) is 48.2 Å². The molecular weight excluding hydrogens is 366 g/mol. The maximum absolute atomic E-state index is 12.2. The van der Waals surface area contributed by atoms with Gasteiger partial charge in [0.2, 0.25) is 23.4 Å². The molecule has 0 saturated carbocycles. The zero-order chi connectivity index (χ0) is 18.9. The van der Waals surface area contributed by atoms with Crippen molar-refractivity contribution in [2.24, 2.45) is 0 Å². The molecule has 0 saturated heterocycles. The van der Waals surface area contributed by atoms with Crippen LogP contribution in [-0.2, 0) is 11.2 Å². The Kier molecular flexibility index (Phi) is 4.57. The zero-order valence-corrected chi connectivity index (χ0v) is 15.8. The highest BCUT2D eigenvalue weighted by Crippen LogP contribution is 2.40. The van der Waals surface area contributed by atoms with Gasteiger partial charge in [-0.15, -0.1) is 11.3 Å². The van der Waals surface area contributed by atoms with Crippen molar-refractivity contribution in [1.29, 1.82) is 0 Å². The van der Waals surface area contributed by atoms with Gasteiger partial charge < -0.3 is 19.3 Å². The molecule has 0 bridgehead atoms. The van der Waals surface area contributed by atoms with Gasteiger partial charge in [0.1, 0.15) is 0 Å². The topological polar surface area (TPSA) is 86.5 Å². The average Bonchev–Trinajstić information content (AvgIpc) is 3.32. The van der Waals surface area contributed by atoms with Gasteiger partial charge in [-0.1, -0.05) is 11.2 Å². The molecule has 0 fully saturated rings. The molecular formula is C19H19N3O4S. The summed E-state index contributed by atoms with van der Waals surface area (Å²) in [6, 6.07) is 9.25. The summed E-state index contributed by atoms with van der Waals surface area (Å²) in [5.41, 5.74) is 0.679. The maximum atomic E-state index is 12.2. The minimum absolute atomic E-state index is 0.0777. The molecule has 1 aromatic carbocycles. The van der Waals surface area contributed by atoms with Gasteiger partial charge in [0, 0.05) is 38.4 Å². The van der Waals surface area contributed by atoms with E-state index in [0.717, 1.165) is 4.88 Å². The van der Waals surface area contributed by atoms with Crippen molar-refractivity contribution in [2.75, 3.05) is 5.32 Å². The summed E-state index contributed by atoms with van der Waals surface area (Å²) in [6.45, 7) is 3.68. The Balaban J connectivity index is 1.27. The van der Waals surface area contributed by atoms with Gasteiger partial charge in [0.15, 0.2) is 11.5 Å². The fourth-order valence-corrected chi connectivity index (χ4v) is 3.44. The fraction of sp³-hybridized carbons (Fsp3) is 0.316. The van der Waals surface area contributed by atoms with Crippen LogP contribution in [0.3, 0.4) is 0 Å². The molecule has 1 aliphatic rings. The Morgan fingerprint density at radius 1 is 1.22 bits per heavy atom. The molecule has 0 radical (unpaired) electrons. The van der Waals surface area contributed by atoms with Crippen LogP contribution in [0.15, 0.2) is 40.2 Å². The Bertz CT molecular complexity index is 950. The van der Waals surface area contributed by atoms with E-state index in [-0.39, 0.29) is 5.91 Å². The lowest BCUT2D eigenvalue weighted by molar-refractivity contribution is -0.116. The summed E-state index contributed by atoms with van der Waals surface area (Å²) in [4.78, 5) is 17.5. The van der Waals surface area contributed by atoms with Gasteiger partial charge in [-0.2, -0.15) is 4.98 Å². The molecule has 1 aliphatic heterocycles. The van der Waals surface area contributed by atoms with E-state index in [1.54, 1.807) is 29.5 Å². The lowest BCUT2D eigenvalue weighted by atomic mass is 10.2. The van der Waals surface area contributed by atoms with Crippen molar-refractivity contribution in [2.45, 2.75) is 38.9 Å². The highest BCUT2D eigenvalue weighted by Gasteiger charge is 2.31. The number of carbonyl (C=O) groups excluding carboxylic acids is 1. The normalized spacial score (nSPS) is 14.3. The average molecular weight is 385 g/mol. The van der Waals surface area contributed by atoms with Crippen LogP contribution in [0.25, 0.3) is 10.7 Å². The Hall–Kier alpha value is -2.87. The lowest BCUT2D eigenvalue weighted by Crippen LogP contribution is -2.29. The van der Waals surface area contributed by atoms with Crippen LogP contribution < -0.4 is 14.8 Å². The summed E-state index contributed by atoms with van der Waals surface area (Å²) in [6.07, 6.45) is 1.53. The van der Waals surface area contributed by atoms with E-state index < -0.39 is 5.79 Å². The number of fused-ring (bicyclic) bond motifs is 1. The third-order valence-corrected chi connectivity index (χ3v) is 4.81. The number of thiophene rings is 1. The van der Waals surface area contributed by atoms with Crippen molar-refractivity contribution >= 4 is 22.9 Å². The van der Waals surface area contributed by atoms with Crippen LogP contribution in [0.4, 0.5) is 5.69 Å². The molecule has 3 aromatic rings. The predicted octanol–water partition coefficient (Wildman–Crippen LogP) is 4.27. The van der Waals surface area contributed by atoms with E-state index in [2.05, 4.69) is 15.5 Å². The summed E-state index contributed by atoms with van der Waals surface area (Å²) in [5.74, 6) is 1.67. The molecule has 1 N–H and O–H groups in total. The Labute approximate surface area is 160 Å². The van der Waals surface area contributed by atoms with E-state index >= 15 is 0 Å². The molecule has 0 aliphatic carbocycles. The minimum Gasteiger partial charge on any atom is -0.449 e. The van der Waals surface area contributed by atoms with Crippen LogP contribution in [0.2, 0.25) is 0 Å². The maximum Gasteiger partial charge on any atom is 0.246 e. The van der Waals surface area contributed by atoms with Gasteiger partial charge in [-0.3, -0.25) is 4.79 Å². The number of carbonyl (C=O) groups is 1. The Morgan fingerprint density at radius 3 is 2.89 bits per heavy atom. The van der Waals surface area contributed by atoms with Crippen LogP contribution in [-0.4, -0.2) is 21.8 Å². The van der Waals surface area contributed by atoms with Gasteiger partial charge in [-0.25, -0.2) is 0 Å². The van der Waals surface area contributed by atoms with Crippen LogP contribution in [0.5, 0.6) is 11.5 Å². The predicted molar refractivity (Wildman–Crippen MR) is 101 cm³/mol. The van der Waals surface area contributed by atoms with E-state index in [1.807, 2.05) is 31.4 Å². The quantitative estimate of drug-likeness (QED) is 0.682. The zero-order valence-electron chi connectivity index (χ0n) is 15.0. The molecule has 0 spiro atoms. The number of ether oxygens (including phenoxy) is 2. The van der Waals surface area contributed by atoms with Crippen molar-refractivity contribution in [3.8, 4) is 22.2 Å². The number of benzene rings is 1. The number of aromatic nitrogens is 2. The van der Waals surface area contributed by atoms with E-state index in [4.69, 9.17) is 14.0 Å². The van der Waals surface area contributed by atoms with Crippen LogP contribution in [0, 0.1) is 0 Å². The molecule has 27 heavy (non-hydrogen) atoms. The first-order chi connectivity index (χ1) is 13.0. The van der Waals surface area contributed by atoms with Crippen molar-refractivity contribution in [3.63, 3.8) is 0 Å². The lowest BCUT2D eigenvalue weighted by Gasteiger charge is -2.16. The fourth-order valence-electron chi connectivity index (χ4n) is 2.79. The standard InChI is InChI=1S/C19H19N3O4S/c1-19(2)24-13-9-8-12(11-14(13)25-19)20-16(23)6-3-7-17-21-18(22-26-17)15-5-4-10-27-15/h4-5,8-11H,3,6-7H2,1-2H3,(H,20,23). The smallest absolute Gasteiger partial charge is 0.246 e. The molecule has 1 amide bonds. The summed E-state index contributed by atoms with van der Waals surface area (Å²) < 4.78 is 16.6. The number of aryl methyl sites for hydroxylation is 1. The number of rotatable bonds is 6. The number of amides is 1. The van der Waals surface area contributed by atoms with E-state index in [1.165, 1.54) is 0 Å². The molecule has 2 aromatic heterocycles. The van der Waals surface area contributed by atoms with Crippen molar-refractivity contribution < 1.29 is 18.8 Å². The van der Waals surface area contributed by atoms with E-state index in [9.17, 15) is 4.79 Å². The molecule has 7 nitrogen and oxygen atoms in total. The minimum atomic E-state index is -0.684. The molecule has 4 rings (SSSR count). The number of nitrogens with one attached hydrogen (secondary N) is 1. The summed E-state index contributed by atoms with van der Waals surface area (Å²) in [7, 11) is 0. The van der Waals surface area contributed by atoms with Gasteiger partial charge in [0.25, 0.3) is 0 Å². The molecule has 140 valence electrons. The number of hydrogen-bond donors (Lipinski definition) is 1. The monoisotopic (exact) mass is 385 g/mol. The molecule has 0 unspecified atom stereocenters. The number of anilines is 1. The third kappa shape index (κ3) is 4.11. The van der Waals surface area contributed by atoms with Gasteiger partial charge >= 0.3 is 0 Å². The van der Waals surface area contributed by atoms with Crippen LogP contribution in [0.1, 0.15) is 32.6 Å². The summed E-state index contributed by atoms with van der Waals surface area (Å²) >= 11 is 1.56. The second-order valence-electron chi connectivity index (χ2n) is 6.66. The second kappa shape index (κ2) is 7.03. The first-order valence-corrected chi connectivity index (χ1v) is 9.55. The molecule has 3 heterocycles. The SMILES string of the molecule is CC1(C)Oc2ccc(NC(=O)CCCc3nc(-c4cccs4)no3)cc2O1.